The van der Waals surface area contributed by atoms with E-state index in [9.17, 15) is 22.8 Å². The molecule has 2 amide bonds. The van der Waals surface area contributed by atoms with Crippen LogP contribution in [0.3, 0.4) is 0 Å². The molecule has 0 aliphatic carbocycles. The molecule has 0 N–H and O–H groups in total. The van der Waals surface area contributed by atoms with Gasteiger partial charge in [0.15, 0.2) is 17.6 Å². The van der Waals surface area contributed by atoms with Crippen molar-refractivity contribution < 1.29 is 37.0 Å². The second kappa shape index (κ2) is 10.4. The minimum absolute atomic E-state index is 0.0840. The third-order valence-corrected chi connectivity index (χ3v) is 7.21. The number of alkyl halides is 3. The Bertz CT molecular complexity index is 1420. The summed E-state index contributed by atoms with van der Waals surface area (Å²) in [6.07, 6.45) is -5.19. The Morgan fingerprint density at radius 2 is 1.57 bits per heavy atom. The number of benzene rings is 3. The molecule has 3 heterocycles. The first-order chi connectivity index (χ1) is 19.2. The van der Waals surface area contributed by atoms with Crippen molar-refractivity contribution in [1.29, 1.82) is 0 Å². The zero-order chi connectivity index (χ0) is 27.9. The minimum Gasteiger partial charge on any atom is -0.486 e. The number of imide groups is 1. The number of carbonyl (C=O) groups is 2. The van der Waals surface area contributed by atoms with Gasteiger partial charge in [-0.05, 0) is 42.0 Å². The lowest BCUT2D eigenvalue weighted by Crippen LogP contribution is -2.46. The predicted octanol–water partition coefficient (Wildman–Crippen LogP) is 4.34. The molecule has 0 unspecified atom stereocenters. The van der Waals surface area contributed by atoms with Gasteiger partial charge >= 0.3 is 6.36 Å². The molecule has 11 heteroatoms. The Hall–Kier alpha value is -4.25. The van der Waals surface area contributed by atoms with Crippen LogP contribution in [0.1, 0.15) is 26.3 Å². The first-order valence-corrected chi connectivity index (χ1v) is 12.9. The first kappa shape index (κ1) is 26.0. The highest BCUT2D eigenvalue weighted by Gasteiger charge is 2.41. The van der Waals surface area contributed by atoms with E-state index in [-0.39, 0.29) is 30.7 Å². The lowest BCUT2D eigenvalue weighted by molar-refractivity contribution is -0.274. The Morgan fingerprint density at radius 3 is 2.30 bits per heavy atom. The maximum Gasteiger partial charge on any atom is 0.573 e. The second-order valence-corrected chi connectivity index (χ2v) is 9.87. The van der Waals surface area contributed by atoms with Crippen LogP contribution >= 0.6 is 0 Å². The van der Waals surface area contributed by atoms with Crippen molar-refractivity contribution in [3.8, 4) is 17.2 Å². The molecule has 3 aromatic rings. The summed E-state index contributed by atoms with van der Waals surface area (Å²) in [5.74, 6) is 0.275. The van der Waals surface area contributed by atoms with Gasteiger partial charge in [0, 0.05) is 32.7 Å². The number of piperazine rings is 1. The van der Waals surface area contributed by atoms with Crippen LogP contribution in [0.25, 0.3) is 0 Å². The van der Waals surface area contributed by atoms with Crippen LogP contribution in [0.15, 0.2) is 66.7 Å². The van der Waals surface area contributed by atoms with Gasteiger partial charge in [0.25, 0.3) is 11.8 Å². The summed E-state index contributed by atoms with van der Waals surface area (Å²) in [4.78, 5) is 32.3. The maximum atomic E-state index is 13.5. The molecule has 3 aromatic carbocycles. The molecule has 1 fully saturated rings. The average molecular weight is 554 g/mol. The predicted molar refractivity (Wildman–Crippen MR) is 139 cm³/mol. The summed E-state index contributed by atoms with van der Waals surface area (Å²) in [6, 6.07) is 18.5. The van der Waals surface area contributed by atoms with Crippen molar-refractivity contribution in [1.82, 2.24) is 9.80 Å². The van der Waals surface area contributed by atoms with E-state index in [1.54, 1.807) is 30.3 Å². The first-order valence-electron chi connectivity index (χ1n) is 12.9. The fourth-order valence-corrected chi connectivity index (χ4v) is 5.30. The van der Waals surface area contributed by atoms with Gasteiger partial charge in [-0.1, -0.05) is 30.3 Å². The highest BCUT2D eigenvalue weighted by Crippen LogP contribution is 2.35. The van der Waals surface area contributed by atoms with E-state index in [1.165, 1.54) is 17.0 Å². The van der Waals surface area contributed by atoms with E-state index in [2.05, 4.69) is 14.5 Å². The highest BCUT2D eigenvalue weighted by atomic mass is 19.4. The van der Waals surface area contributed by atoms with Gasteiger partial charge in [0.2, 0.25) is 0 Å². The largest absolute Gasteiger partial charge is 0.573 e. The SMILES string of the molecule is O=C1c2cccc(N3CCN(Cc4ccc(OC(F)(F)F)cc4)CC3)c2C(=O)N1C[C@@H]1COc2ccccc2O1. The Labute approximate surface area is 228 Å². The lowest BCUT2D eigenvalue weighted by Gasteiger charge is -2.36. The normalized spacial score (nSPS) is 19.1. The number of amides is 2. The van der Waals surface area contributed by atoms with E-state index in [0.29, 0.717) is 55.3 Å². The van der Waals surface area contributed by atoms with E-state index in [0.717, 1.165) is 11.3 Å². The van der Waals surface area contributed by atoms with Gasteiger partial charge in [-0.2, -0.15) is 0 Å². The molecule has 0 spiro atoms. The number of halogens is 3. The van der Waals surface area contributed by atoms with Gasteiger partial charge in [-0.25, -0.2) is 0 Å². The molecule has 40 heavy (non-hydrogen) atoms. The number of hydrogen-bond acceptors (Lipinski definition) is 7. The van der Waals surface area contributed by atoms with E-state index in [4.69, 9.17) is 9.47 Å². The topological polar surface area (TPSA) is 71.6 Å². The summed E-state index contributed by atoms with van der Waals surface area (Å²) < 4.78 is 52.9. The zero-order valence-corrected chi connectivity index (χ0v) is 21.4. The summed E-state index contributed by atoms with van der Waals surface area (Å²) in [7, 11) is 0. The summed E-state index contributed by atoms with van der Waals surface area (Å²) >= 11 is 0. The molecule has 1 atom stereocenters. The van der Waals surface area contributed by atoms with Gasteiger partial charge in [0.05, 0.1) is 23.4 Å². The van der Waals surface area contributed by atoms with Crippen LogP contribution in [0, 0.1) is 0 Å². The van der Waals surface area contributed by atoms with Crippen LogP contribution in [0.2, 0.25) is 0 Å². The zero-order valence-electron chi connectivity index (χ0n) is 21.4. The highest BCUT2D eigenvalue weighted by molar-refractivity contribution is 6.23. The number of anilines is 1. The van der Waals surface area contributed by atoms with Gasteiger partial charge in [-0.3, -0.25) is 19.4 Å². The smallest absolute Gasteiger partial charge is 0.486 e. The standard InChI is InChI=1S/C29H26F3N3O5/c30-29(31,32)40-20-10-8-19(9-11-20)16-33-12-14-34(15-13-33)23-5-3-4-22-26(23)28(37)35(27(22)36)17-21-18-38-24-6-1-2-7-25(24)39-21/h1-11,21H,12-18H2/t21-/m1/s1. The quantitative estimate of drug-likeness (QED) is 0.421. The number of para-hydroxylation sites is 2. The van der Waals surface area contributed by atoms with Gasteiger partial charge in [-0.15, -0.1) is 13.2 Å². The van der Waals surface area contributed by atoms with Crippen molar-refractivity contribution in [2.24, 2.45) is 0 Å². The molecule has 8 nitrogen and oxygen atoms in total. The Morgan fingerprint density at radius 1 is 0.850 bits per heavy atom. The fourth-order valence-electron chi connectivity index (χ4n) is 5.30. The molecule has 6 rings (SSSR count). The maximum absolute atomic E-state index is 13.5. The molecule has 0 radical (unpaired) electrons. The summed E-state index contributed by atoms with van der Waals surface area (Å²) in [5.41, 5.74) is 2.37. The number of nitrogens with zero attached hydrogens (tertiary/aromatic N) is 3. The molecule has 0 aromatic heterocycles. The molecule has 208 valence electrons. The number of rotatable bonds is 6. The lowest BCUT2D eigenvalue weighted by atomic mass is 10.1. The molecular formula is C29H26F3N3O5. The van der Waals surface area contributed by atoms with Crippen molar-refractivity contribution in [3.05, 3.63) is 83.4 Å². The van der Waals surface area contributed by atoms with Crippen LogP contribution in [0.5, 0.6) is 17.2 Å². The van der Waals surface area contributed by atoms with Crippen molar-refractivity contribution in [2.45, 2.75) is 19.0 Å². The van der Waals surface area contributed by atoms with E-state index in [1.807, 2.05) is 24.3 Å². The average Bonchev–Trinajstić information content (AvgIpc) is 3.18. The molecule has 1 saturated heterocycles. The van der Waals surface area contributed by atoms with E-state index >= 15 is 0 Å². The second-order valence-electron chi connectivity index (χ2n) is 9.87. The van der Waals surface area contributed by atoms with Gasteiger partial charge in [0.1, 0.15) is 12.4 Å². The summed E-state index contributed by atoms with van der Waals surface area (Å²) in [6.45, 7) is 3.52. The molecule has 0 bridgehead atoms. The number of carbonyl (C=O) groups excluding carboxylic acids is 2. The minimum atomic E-state index is -4.72. The molecular weight excluding hydrogens is 527 g/mol. The van der Waals surface area contributed by atoms with Crippen LogP contribution < -0.4 is 19.1 Å². The van der Waals surface area contributed by atoms with Crippen LogP contribution in [-0.4, -0.2) is 73.4 Å². The number of fused-ring (bicyclic) bond motifs is 2. The monoisotopic (exact) mass is 553 g/mol. The van der Waals surface area contributed by atoms with Crippen LogP contribution in [-0.2, 0) is 6.54 Å². The Kier molecular flexibility index (Phi) is 6.75. The van der Waals surface area contributed by atoms with E-state index < -0.39 is 12.5 Å². The fraction of sp³-hybridized carbons (Fsp3) is 0.310. The summed E-state index contributed by atoms with van der Waals surface area (Å²) in [5, 5.41) is 0. The van der Waals surface area contributed by atoms with Crippen molar-refractivity contribution >= 4 is 17.5 Å². The number of ether oxygens (including phenoxy) is 3. The molecule has 3 aliphatic rings. The van der Waals surface area contributed by atoms with Crippen LogP contribution in [0.4, 0.5) is 18.9 Å². The third-order valence-electron chi connectivity index (χ3n) is 7.21. The number of hydrogen-bond donors (Lipinski definition) is 0. The van der Waals surface area contributed by atoms with Gasteiger partial charge < -0.3 is 19.1 Å². The molecule has 3 aliphatic heterocycles. The van der Waals surface area contributed by atoms with Crippen molar-refractivity contribution in [3.63, 3.8) is 0 Å². The molecule has 0 saturated carbocycles. The Balaban J connectivity index is 1.09. The van der Waals surface area contributed by atoms with Crippen molar-refractivity contribution in [2.75, 3.05) is 44.2 Å². The third kappa shape index (κ3) is 5.29.